The maximum Gasteiger partial charge on any atom is 0.125 e. The number of halogens is 1. The number of hydrogen-bond donors (Lipinski definition) is 1. The summed E-state index contributed by atoms with van der Waals surface area (Å²) in [5.74, 6) is 1.41. The molecule has 1 aliphatic rings. The molecule has 0 aromatic heterocycles. The Morgan fingerprint density at radius 1 is 1.14 bits per heavy atom. The molecular formula is C18H20ClNO. The molecule has 1 aliphatic carbocycles. The lowest BCUT2D eigenvalue weighted by molar-refractivity contribution is 0.405. The molecule has 0 spiro atoms. The van der Waals surface area contributed by atoms with Gasteiger partial charge in [0.25, 0.3) is 0 Å². The maximum atomic E-state index is 6.54. The largest absolute Gasteiger partial charge is 0.496 e. The van der Waals surface area contributed by atoms with Crippen molar-refractivity contribution in [2.24, 2.45) is 5.73 Å². The van der Waals surface area contributed by atoms with E-state index in [0.29, 0.717) is 10.9 Å². The van der Waals surface area contributed by atoms with E-state index in [-0.39, 0.29) is 6.04 Å². The first-order valence-electron chi connectivity index (χ1n) is 7.38. The third-order valence-corrected chi connectivity index (χ3v) is 4.64. The van der Waals surface area contributed by atoms with Crippen molar-refractivity contribution in [1.29, 1.82) is 0 Å². The van der Waals surface area contributed by atoms with Crippen LogP contribution in [0, 0.1) is 0 Å². The molecule has 0 amide bonds. The Balaban J connectivity index is 2.00. The van der Waals surface area contributed by atoms with E-state index in [0.717, 1.165) is 11.3 Å². The Bertz CT molecular complexity index is 637. The molecule has 0 aliphatic heterocycles. The molecule has 2 N–H and O–H groups in total. The third-order valence-electron chi connectivity index (χ3n) is 4.41. The molecular weight excluding hydrogens is 282 g/mol. The Morgan fingerprint density at radius 3 is 2.57 bits per heavy atom. The molecule has 1 saturated carbocycles. The van der Waals surface area contributed by atoms with Gasteiger partial charge in [0.2, 0.25) is 0 Å². The van der Waals surface area contributed by atoms with Gasteiger partial charge < -0.3 is 10.5 Å². The van der Waals surface area contributed by atoms with Gasteiger partial charge in [0.15, 0.2) is 0 Å². The lowest BCUT2D eigenvalue weighted by Gasteiger charge is -2.30. The molecule has 0 heterocycles. The van der Waals surface area contributed by atoms with Crippen molar-refractivity contribution in [3.63, 3.8) is 0 Å². The minimum atomic E-state index is -0.186. The standard InChI is InChI=1S/C18H20ClNO/c1-21-17-11-13(19)9-10-16(17)18(20)15-8-3-2-7-14(15)12-5-4-6-12/h2-3,7-12,18H,4-6,20H2,1H3. The summed E-state index contributed by atoms with van der Waals surface area (Å²) in [7, 11) is 1.65. The van der Waals surface area contributed by atoms with Crippen LogP contribution in [0.5, 0.6) is 5.75 Å². The first kappa shape index (κ1) is 14.4. The first-order chi connectivity index (χ1) is 10.2. The average molecular weight is 302 g/mol. The number of nitrogens with two attached hydrogens (primary N) is 1. The molecule has 0 radical (unpaired) electrons. The molecule has 0 saturated heterocycles. The Morgan fingerprint density at radius 2 is 1.90 bits per heavy atom. The van der Waals surface area contributed by atoms with E-state index in [2.05, 4.69) is 24.3 Å². The van der Waals surface area contributed by atoms with Gasteiger partial charge in [-0.2, -0.15) is 0 Å². The van der Waals surface area contributed by atoms with E-state index in [4.69, 9.17) is 22.1 Å². The fourth-order valence-corrected chi connectivity index (χ4v) is 3.16. The zero-order valence-electron chi connectivity index (χ0n) is 12.2. The van der Waals surface area contributed by atoms with Gasteiger partial charge in [0, 0.05) is 10.6 Å². The summed E-state index contributed by atoms with van der Waals surface area (Å²) < 4.78 is 5.45. The molecule has 2 aromatic rings. The highest BCUT2D eigenvalue weighted by Gasteiger charge is 2.25. The van der Waals surface area contributed by atoms with E-state index >= 15 is 0 Å². The second kappa shape index (κ2) is 6.08. The van der Waals surface area contributed by atoms with Gasteiger partial charge in [-0.3, -0.25) is 0 Å². The predicted molar refractivity (Wildman–Crippen MR) is 87.1 cm³/mol. The fraction of sp³-hybridized carbons (Fsp3) is 0.333. The monoisotopic (exact) mass is 301 g/mol. The molecule has 2 nitrogen and oxygen atoms in total. The average Bonchev–Trinajstić information content (AvgIpc) is 2.45. The van der Waals surface area contributed by atoms with E-state index in [1.165, 1.54) is 30.4 Å². The number of hydrogen-bond acceptors (Lipinski definition) is 2. The summed E-state index contributed by atoms with van der Waals surface area (Å²) in [6.07, 6.45) is 3.85. The van der Waals surface area contributed by atoms with Crippen LogP contribution in [0.1, 0.15) is 47.9 Å². The van der Waals surface area contributed by atoms with Crippen LogP contribution in [-0.2, 0) is 0 Å². The van der Waals surface area contributed by atoms with Crippen LogP contribution in [0.25, 0.3) is 0 Å². The molecule has 1 unspecified atom stereocenters. The highest BCUT2D eigenvalue weighted by molar-refractivity contribution is 6.30. The van der Waals surface area contributed by atoms with E-state index < -0.39 is 0 Å². The molecule has 110 valence electrons. The minimum absolute atomic E-state index is 0.186. The van der Waals surface area contributed by atoms with Gasteiger partial charge in [-0.1, -0.05) is 48.4 Å². The summed E-state index contributed by atoms with van der Waals surface area (Å²) in [6, 6.07) is 14.0. The minimum Gasteiger partial charge on any atom is -0.496 e. The predicted octanol–water partition coefficient (Wildman–Crippen LogP) is 4.66. The van der Waals surface area contributed by atoms with Gasteiger partial charge in [-0.25, -0.2) is 0 Å². The van der Waals surface area contributed by atoms with Gasteiger partial charge >= 0.3 is 0 Å². The summed E-state index contributed by atoms with van der Waals surface area (Å²) in [6.45, 7) is 0. The highest BCUT2D eigenvalue weighted by Crippen LogP contribution is 2.41. The number of methoxy groups -OCH3 is 1. The molecule has 3 heteroatoms. The molecule has 1 fully saturated rings. The molecule has 3 rings (SSSR count). The number of rotatable bonds is 4. The second-order valence-corrected chi connectivity index (χ2v) is 6.06. The van der Waals surface area contributed by atoms with Crippen LogP contribution in [0.3, 0.4) is 0 Å². The van der Waals surface area contributed by atoms with Crippen molar-refractivity contribution >= 4 is 11.6 Å². The van der Waals surface area contributed by atoms with Crippen molar-refractivity contribution in [2.45, 2.75) is 31.2 Å². The normalized spacial score (nSPS) is 16.3. The van der Waals surface area contributed by atoms with Crippen molar-refractivity contribution in [3.05, 3.63) is 64.2 Å². The lowest BCUT2D eigenvalue weighted by atomic mass is 9.76. The molecule has 21 heavy (non-hydrogen) atoms. The van der Waals surface area contributed by atoms with Crippen LogP contribution in [0.15, 0.2) is 42.5 Å². The van der Waals surface area contributed by atoms with Gasteiger partial charge in [-0.15, -0.1) is 0 Å². The van der Waals surface area contributed by atoms with E-state index in [1.54, 1.807) is 7.11 Å². The van der Waals surface area contributed by atoms with Crippen LogP contribution in [0.4, 0.5) is 0 Å². The molecule has 1 atom stereocenters. The summed E-state index contributed by atoms with van der Waals surface area (Å²) in [5, 5.41) is 0.662. The van der Waals surface area contributed by atoms with Crippen molar-refractivity contribution in [3.8, 4) is 5.75 Å². The van der Waals surface area contributed by atoms with Crippen molar-refractivity contribution in [1.82, 2.24) is 0 Å². The SMILES string of the molecule is COc1cc(Cl)ccc1C(N)c1ccccc1C1CCC1. The zero-order chi connectivity index (χ0) is 14.8. The third kappa shape index (κ3) is 2.78. The number of benzene rings is 2. The van der Waals surface area contributed by atoms with Crippen LogP contribution < -0.4 is 10.5 Å². The zero-order valence-corrected chi connectivity index (χ0v) is 12.9. The first-order valence-corrected chi connectivity index (χ1v) is 7.76. The van der Waals surface area contributed by atoms with Crippen LogP contribution in [-0.4, -0.2) is 7.11 Å². The maximum absolute atomic E-state index is 6.54. The van der Waals surface area contributed by atoms with Gasteiger partial charge in [0.05, 0.1) is 13.2 Å². The second-order valence-electron chi connectivity index (χ2n) is 5.62. The highest BCUT2D eigenvalue weighted by atomic mass is 35.5. The molecule has 2 aromatic carbocycles. The topological polar surface area (TPSA) is 35.2 Å². The van der Waals surface area contributed by atoms with Crippen LogP contribution in [0.2, 0.25) is 5.02 Å². The Labute approximate surface area is 130 Å². The van der Waals surface area contributed by atoms with E-state index in [9.17, 15) is 0 Å². The smallest absolute Gasteiger partial charge is 0.125 e. The Kier molecular flexibility index (Phi) is 4.18. The summed E-state index contributed by atoms with van der Waals surface area (Å²) in [4.78, 5) is 0. The number of ether oxygens (including phenoxy) is 1. The van der Waals surface area contributed by atoms with Gasteiger partial charge in [-0.05, 0) is 42.0 Å². The van der Waals surface area contributed by atoms with Crippen molar-refractivity contribution < 1.29 is 4.74 Å². The fourth-order valence-electron chi connectivity index (χ4n) is 2.99. The summed E-state index contributed by atoms with van der Waals surface area (Å²) >= 11 is 6.04. The van der Waals surface area contributed by atoms with E-state index in [1.807, 2.05) is 18.2 Å². The van der Waals surface area contributed by atoms with Crippen LogP contribution >= 0.6 is 11.6 Å². The molecule has 0 bridgehead atoms. The summed E-state index contributed by atoms with van der Waals surface area (Å²) in [5.41, 5.74) is 10.1. The van der Waals surface area contributed by atoms with Gasteiger partial charge in [0.1, 0.15) is 5.75 Å². The Hall–Kier alpha value is -1.51. The quantitative estimate of drug-likeness (QED) is 0.891. The lowest BCUT2D eigenvalue weighted by Crippen LogP contribution is -2.18. The van der Waals surface area contributed by atoms with Crippen molar-refractivity contribution in [2.75, 3.05) is 7.11 Å².